The monoisotopic (exact) mass is 493 g/mol. The number of pyridine rings is 2. The lowest BCUT2D eigenvalue weighted by molar-refractivity contribution is -0.121. The molecule has 180 valence electrons. The van der Waals surface area contributed by atoms with Gasteiger partial charge in [-0.05, 0) is 37.0 Å². The zero-order valence-electron chi connectivity index (χ0n) is 19.3. The summed E-state index contributed by atoms with van der Waals surface area (Å²) in [7, 11) is 0. The fourth-order valence-electron chi connectivity index (χ4n) is 3.93. The number of carbonyl (C=O) groups excluding carboxylic acids is 1. The fourth-order valence-corrected chi connectivity index (χ4v) is 4.33. The summed E-state index contributed by atoms with van der Waals surface area (Å²) in [6.07, 6.45) is 6.20. The average molecular weight is 494 g/mol. The third-order valence-electron chi connectivity index (χ3n) is 5.68. The maximum atomic E-state index is 12.7. The van der Waals surface area contributed by atoms with Gasteiger partial charge >= 0.3 is 0 Å². The van der Waals surface area contributed by atoms with Gasteiger partial charge < -0.3 is 20.7 Å². The lowest BCUT2D eigenvalue weighted by atomic mass is 9.98. The fraction of sp³-hybridized carbons (Fsp3) is 0.542. The number of aromatic nitrogens is 2. The minimum absolute atomic E-state index is 0.155. The number of halogens is 2. The van der Waals surface area contributed by atoms with Crippen molar-refractivity contribution in [3.05, 3.63) is 34.4 Å². The standard InChI is InChI=1S/C24H33Cl2N5O2/c1-3-5-16(6-4-2)12-28-21-8-7-19(25)23(30-21)18-11-22(29-14-20(18)26)31-24(32)17-13-27-9-10-33-15-17/h7-8,11,14,16-17,27H,3-6,9-10,12-13,15H2,1-2H3,(H,28,30)(H,29,31,32). The molecule has 0 bridgehead atoms. The summed E-state index contributed by atoms with van der Waals surface area (Å²) in [4.78, 5) is 21.7. The first-order valence-corrected chi connectivity index (χ1v) is 12.4. The maximum Gasteiger partial charge on any atom is 0.232 e. The van der Waals surface area contributed by atoms with Gasteiger partial charge in [0.15, 0.2) is 0 Å². The largest absolute Gasteiger partial charge is 0.379 e. The molecule has 1 atom stereocenters. The van der Waals surface area contributed by atoms with Gasteiger partial charge in [0.25, 0.3) is 0 Å². The minimum atomic E-state index is -0.290. The van der Waals surface area contributed by atoms with Crippen molar-refractivity contribution < 1.29 is 9.53 Å². The van der Waals surface area contributed by atoms with Crippen LogP contribution in [0.3, 0.4) is 0 Å². The zero-order chi connectivity index (χ0) is 23.6. The van der Waals surface area contributed by atoms with Crippen LogP contribution in [0.25, 0.3) is 11.3 Å². The van der Waals surface area contributed by atoms with Crippen LogP contribution < -0.4 is 16.0 Å². The van der Waals surface area contributed by atoms with Gasteiger partial charge in [0.1, 0.15) is 11.6 Å². The predicted molar refractivity (Wildman–Crippen MR) is 135 cm³/mol. The second kappa shape index (κ2) is 13.1. The Labute approximate surface area is 206 Å². The molecule has 0 radical (unpaired) electrons. The van der Waals surface area contributed by atoms with Gasteiger partial charge in [-0.2, -0.15) is 0 Å². The Kier molecular flexibility index (Phi) is 10.2. The van der Waals surface area contributed by atoms with E-state index in [1.54, 1.807) is 6.07 Å². The van der Waals surface area contributed by atoms with E-state index in [1.807, 2.05) is 12.1 Å². The molecular formula is C24H33Cl2N5O2. The predicted octanol–water partition coefficient (Wildman–Crippen LogP) is 5.25. The molecule has 1 saturated heterocycles. The van der Waals surface area contributed by atoms with Crippen molar-refractivity contribution in [1.82, 2.24) is 15.3 Å². The Morgan fingerprint density at radius 1 is 1.21 bits per heavy atom. The van der Waals surface area contributed by atoms with Crippen LogP contribution in [0.1, 0.15) is 39.5 Å². The highest BCUT2D eigenvalue weighted by Gasteiger charge is 2.22. The van der Waals surface area contributed by atoms with E-state index in [0.717, 1.165) is 31.7 Å². The molecule has 9 heteroatoms. The normalized spacial score (nSPS) is 16.5. The molecule has 1 unspecified atom stereocenters. The second-order valence-corrected chi connectivity index (χ2v) is 9.18. The molecule has 0 aliphatic carbocycles. The minimum Gasteiger partial charge on any atom is -0.379 e. The molecule has 1 fully saturated rings. The lowest BCUT2D eigenvalue weighted by Crippen LogP contribution is -2.33. The summed E-state index contributed by atoms with van der Waals surface area (Å²) in [5, 5.41) is 10.4. The van der Waals surface area contributed by atoms with Crippen LogP contribution >= 0.6 is 23.2 Å². The summed E-state index contributed by atoms with van der Waals surface area (Å²) < 4.78 is 5.48. The first-order chi connectivity index (χ1) is 16.0. The van der Waals surface area contributed by atoms with Crippen molar-refractivity contribution in [2.24, 2.45) is 11.8 Å². The van der Waals surface area contributed by atoms with Gasteiger partial charge in [0.2, 0.25) is 5.91 Å². The molecule has 3 N–H and O–H groups in total. The van der Waals surface area contributed by atoms with Crippen molar-refractivity contribution in [2.45, 2.75) is 39.5 Å². The van der Waals surface area contributed by atoms with E-state index >= 15 is 0 Å². The Morgan fingerprint density at radius 2 is 2.00 bits per heavy atom. The second-order valence-electron chi connectivity index (χ2n) is 8.37. The Balaban J connectivity index is 1.76. The van der Waals surface area contributed by atoms with E-state index in [0.29, 0.717) is 52.8 Å². The number of carbonyl (C=O) groups is 1. The van der Waals surface area contributed by atoms with E-state index in [1.165, 1.54) is 19.0 Å². The maximum absolute atomic E-state index is 12.7. The number of hydrogen-bond acceptors (Lipinski definition) is 6. The molecule has 0 spiro atoms. The summed E-state index contributed by atoms with van der Waals surface area (Å²) in [5.41, 5.74) is 1.16. The number of rotatable bonds is 10. The molecule has 0 aromatic carbocycles. The van der Waals surface area contributed by atoms with Crippen molar-refractivity contribution >= 4 is 40.7 Å². The Bertz CT molecular complexity index is 914. The van der Waals surface area contributed by atoms with Crippen molar-refractivity contribution in [3.63, 3.8) is 0 Å². The Hall–Kier alpha value is -1.93. The summed E-state index contributed by atoms with van der Waals surface area (Å²) >= 11 is 12.9. The lowest BCUT2D eigenvalue weighted by Gasteiger charge is -2.17. The van der Waals surface area contributed by atoms with Gasteiger partial charge in [0.05, 0.1) is 34.9 Å². The van der Waals surface area contributed by atoms with Crippen LogP contribution in [-0.2, 0) is 9.53 Å². The zero-order valence-corrected chi connectivity index (χ0v) is 20.8. The number of hydrogen-bond donors (Lipinski definition) is 3. The van der Waals surface area contributed by atoms with Crippen LogP contribution in [0.4, 0.5) is 11.6 Å². The molecule has 1 aliphatic heterocycles. The van der Waals surface area contributed by atoms with E-state index in [2.05, 4.69) is 34.8 Å². The van der Waals surface area contributed by atoms with E-state index in [4.69, 9.17) is 32.9 Å². The molecule has 3 heterocycles. The van der Waals surface area contributed by atoms with Crippen molar-refractivity contribution in [1.29, 1.82) is 0 Å². The van der Waals surface area contributed by atoms with Gasteiger partial charge in [-0.25, -0.2) is 9.97 Å². The molecule has 2 aromatic rings. The van der Waals surface area contributed by atoms with Gasteiger partial charge in [-0.3, -0.25) is 4.79 Å². The number of amides is 1. The third-order valence-corrected chi connectivity index (χ3v) is 6.28. The van der Waals surface area contributed by atoms with E-state index in [9.17, 15) is 4.79 Å². The number of ether oxygens (including phenoxy) is 1. The van der Waals surface area contributed by atoms with Gasteiger partial charge in [-0.15, -0.1) is 0 Å². The van der Waals surface area contributed by atoms with Gasteiger partial charge in [-0.1, -0.05) is 49.9 Å². The topological polar surface area (TPSA) is 88.2 Å². The molecule has 3 rings (SSSR count). The number of nitrogens with one attached hydrogen (secondary N) is 3. The van der Waals surface area contributed by atoms with E-state index in [-0.39, 0.29) is 11.8 Å². The SMILES string of the molecule is CCCC(CCC)CNc1ccc(Cl)c(-c2cc(NC(=O)C3CNCCOC3)ncc2Cl)n1. The molecule has 2 aromatic heterocycles. The third kappa shape index (κ3) is 7.54. The van der Waals surface area contributed by atoms with Crippen LogP contribution in [0.5, 0.6) is 0 Å². The summed E-state index contributed by atoms with van der Waals surface area (Å²) in [6, 6.07) is 5.39. The quantitative estimate of drug-likeness (QED) is 0.418. The van der Waals surface area contributed by atoms with Crippen molar-refractivity contribution in [3.8, 4) is 11.3 Å². The first-order valence-electron chi connectivity index (χ1n) is 11.7. The Morgan fingerprint density at radius 3 is 2.76 bits per heavy atom. The number of nitrogens with zero attached hydrogens (tertiary/aromatic N) is 2. The van der Waals surface area contributed by atoms with Crippen LogP contribution in [-0.4, -0.2) is 48.7 Å². The molecule has 1 aliphatic rings. The first kappa shape index (κ1) is 25.7. The van der Waals surface area contributed by atoms with Crippen LogP contribution in [0.2, 0.25) is 10.0 Å². The highest BCUT2D eigenvalue weighted by atomic mass is 35.5. The molecular weight excluding hydrogens is 461 g/mol. The smallest absolute Gasteiger partial charge is 0.232 e. The molecule has 0 saturated carbocycles. The highest BCUT2D eigenvalue weighted by molar-refractivity contribution is 6.36. The molecule has 33 heavy (non-hydrogen) atoms. The van der Waals surface area contributed by atoms with Crippen molar-refractivity contribution in [2.75, 3.05) is 43.5 Å². The van der Waals surface area contributed by atoms with Gasteiger partial charge in [0, 0.05) is 31.4 Å². The summed E-state index contributed by atoms with van der Waals surface area (Å²) in [5.74, 6) is 1.30. The highest BCUT2D eigenvalue weighted by Crippen LogP contribution is 2.34. The van der Waals surface area contributed by atoms with Crippen LogP contribution in [0.15, 0.2) is 24.4 Å². The summed E-state index contributed by atoms with van der Waals surface area (Å²) in [6.45, 7) is 7.55. The molecule has 1 amide bonds. The van der Waals surface area contributed by atoms with Crippen LogP contribution in [0, 0.1) is 11.8 Å². The average Bonchev–Trinajstić information content (AvgIpc) is 3.10. The molecule has 7 nitrogen and oxygen atoms in total. The van der Waals surface area contributed by atoms with E-state index < -0.39 is 0 Å². The number of anilines is 2.